The van der Waals surface area contributed by atoms with E-state index in [4.69, 9.17) is 9.15 Å². The number of carbonyl (C=O) groups is 1. The van der Waals surface area contributed by atoms with Crippen LogP contribution < -0.4 is 10.2 Å². The van der Waals surface area contributed by atoms with Crippen molar-refractivity contribution in [1.82, 2.24) is 5.43 Å². The van der Waals surface area contributed by atoms with Crippen LogP contribution in [-0.2, 0) is 6.61 Å². The van der Waals surface area contributed by atoms with Gasteiger partial charge in [-0.25, -0.2) is 5.43 Å². The van der Waals surface area contributed by atoms with E-state index >= 15 is 0 Å². The molecule has 0 aliphatic heterocycles. The molecule has 3 aromatic rings. The van der Waals surface area contributed by atoms with Crippen molar-refractivity contribution in [1.29, 1.82) is 0 Å². The zero-order valence-corrected chi connectivity index (χ0v) is 15.7. The molecule has 1 aliphatic carbocycles. The van der Waals surface area contributed by atoms with Crippen molar-refractivity contribution in [3.8, 4) is 5.75 Å². The second-order valence-electron chi connectivity index (χ2n) is 7.06. The fourth-order valence-electron chi connectivity index (χ4n) is 3.01. The van der Waals surface area contributed by atoms with Crippen molar-refractivity contribution in [2.24, 2.45) is 11.0 Å². The summed E-state index contributed by atoms with van der Waals surface area (Å²) in [5.74, 6) is 3.40. The molecule has 0 unspecified atom stereocenters. The minimum absolute atomic E-state index is 0.269. The topological polar surface area (TPSA) is 63.8 Å². The highest BCUT2D eigenvalue weighted by Crippen LogP contribution is 2.47. The van der Waals surface area contributed by atoms with Gasteiger partial charge in [0.05, 0.1) is 6.21 Å². The summed E-state index contributed by atoms with van der Waals surface area (Å²) in [6.45, 7) is 2.66. The average molecular weight is 374 g/mol. The minimum atomic E-state index is -0.269. The molecule has 1 saturated carbocycles. The molecule has 5 heteroatoms. The van der Waals surface area contributed by atoms with Gasteiger partial charge in [-0.2, -0.15) is 5.10 Å². The van der Waals surface area contributed by atoms with Gasteiger partial charge in [-0.15, -0.1) is 0 Å². The highest BCUT2D eigenvalue weighted by Gasteiger charge is 2.36. The Labute approximate surface area is 164 Å². The Hall–Kier alpha value is -3.34. The number of hydrogen-bond donors (Lipinski definition) is 1. The molecule has 0 radical (unpaired) electrons. The maximum Gasteiger partial charge on any atom is 0.271 e. The van der Waals surface area contributed by atoms with Crippen molar-refractivity contribution in [2.75, 3.05) is 0 Å². The molecule has 4 rings (SSSR count). The molecule has 5 nitrogen and oxygen atoms in total. The molecular formula is C23H22N2O3. The Balaban J connectivity index is 1.28. The van der Waals surface area contributed by atoms with Crippen LogP contribution in [0.3, 0.4) is 0 Å². The second-order valence-corrected chi connectivity index (χ2v) is 7.06. The zero-order chi connectivity index (χ0) is 19.3. The molecule has 0 bridgehead atoms. The van der Waals surface area contributed by atoms with E-state index in [1.165, 1.54) is 12.6 Å². The lowest BCUT2D eigenvalue weighted by Crippen LogP contribution is -2.17. The first-order valence-electron chi connectivity index (χ1n) is 9.39. The normalized spacial score (nSPS) is 18.2. The summed E-state index contributed by atoms with van der Waals surface area (Å²) in [4.78, 5) is 12.2. The molecule has 1 fully saturated rings. The molecular weight excluding hydrogens is 352 g/mol. The van der Waals surface area contributed by atoms with Crippen LogP contribution in [0.2, 0.25) is 0 Å². The second kappa shape index (κ2) is 8.13. The Morgan fingerprint density at radius 1 is 1.14 bits per heavy atom. The maximum atomic E-state index is 12.2. The zero-order valence-electron chi connectivity index (χ0n) is 15.7. The van der Waals surface area contributed by atoms with Crippen LogP contribution >= 0.6 is 0 Å². The molecule has 1 amide bonds. The molecule has 28 heavy (non-hydrogen) atoms. The quantitative estimate of drug-likeness (QED) is 0.480. The number of amides is 1. The van der Waals surface area contributed by atoms with Gasteiger partial charge in [0.25, 0.3) is 5.91 Å². The van der Waals surface area contributed by atoms with E-state index in [1.54, 1.807) is 12.1 Å². The highest BCUT2D eigenvalue weighted by atomic mass is 16.5. The number of ether oxygens (including phenoxy) is 1. The molecule has 1 aromatic heterocycles. The number of benzene rings is 2. The number of para-hydroxylation sites is 1. The molecule has 0 spiro atoms. The van der Waals surface area contributed by atoms with Crippen LogP contribution in [-0.4, -0.2) is 12.1 Å². The van der Waals surface area contributed by atoms with Gasteiger partial charge < -0.3 is 9.15 Å². The molecule has 0 saturated heterocycles. The summed E-state index contributed by atoms with van der Waals surface area (Å²) in [6, 6.07) is 20.7. The molecule has 2 aromatic carbocycles. The molecule has 2 atom stereocenters. The molecule has 1 aliphatic rings. The Morgan fingerprint density at radius 2 is 1.89 bits per heavy atom. The number of nitrogens with zero attached hydrogens (tertiary/aromatic N) is 1. The lowest BCUT2D eigenvalue weighted by atomic mass is 10.1. The van der Waals surface area contributed by atoms with Gasteiger partial charge in [0.2, 0.25) is 0 Å². The number of carbonyl (C=O) groups excluding carboxylic acids is 1. The van der Waals surface area contributed by atoms with Gasteiger partial charge in [0.1, 0.15) is 23.9 Å². The summed E-state index contributed by atoms with van der Waals surface area (Å²) in [5, 5.41) is 3.99. The fraction of sp³-hybridized carbons (Fsp3) is 0.217. The lowest BCUT2D eigenvalue weighted by molar-refractivity contribution is 0.0955. The summed E-state index contributed by atoms with van der Waals surface area (Å²) in [5.41, 5.74) is 4.05. The van der Waals surface area contributed by atoms with Gasteiger partial charge in [-0.1, -0.05) is 37.3 Å². The summed E-state index contributed by atoms with van der Waals surface area (Å²) in [7, 11) is 0. The van der Waals surface area contributed by atoms with Crippen molar-refractivity contribution < 1.29 is 13.9 Å². The number of rotatable bonds is 7. The Bertz CT molecular complexity index is 961. The van der Waals surface area contributed by atoms with Gasteiger partial charge >= 0.3 is 0 Å². The van der Waals surface area contributed by atoms with Crippen LogP contribution in [0.4, 0.5) is 0 Å². The van der Waals surface area contributed by atoms with Crippen molar-refractivity contribution in [3.63, 3.8) is 0 Å². The smallest absolute Gasteiger partial charge is 0.271 e. The third kappa shape index (κ3) is 4.49. The molecule has 1 heterocycles. The van der Waals surface area contributed by atoms with Gasteiger partial charge in [0, 0.05) is 11.5 Å². The number of hydrazone groups is 1. The van der Waals surface area contributed by atoms with Crippen LogP contribution in [0, 0.1) is 5.92 Å². The fourth-order valence-corrected chi connectivity index (χ4v) is 3.01. The van der Waals surface area contributed by atoms with Crippen molar-refractivity contribution >= 4 is 12.1 Å². The third-order valence-electron chi connectivity index (χ3n) is 4.85. The van der Waals surface area contributed by atoms with E-state index in [0.29, 0.717) is 29.8 Å². The Kier molecular flexibility index (Phi) is 5.24. The minimum Gasteiger partial charge on any atom is -0.489 e. The summed E-state index contributed by atoms with van der Waals surface area (Å²) >= 11 is 0. The molecule has 142 valence electrons. The predicted octanol–water partition coefficient (Wildman–Crippen LogP) is 4.75. The van der Waals surface area contributed by atoms with E-state index in [0.717, 1.165) is 17.1 Å². The van der Waals surface area contributed by atoms with Crippen LogP contribution in [0.1, 0.15) is 46.7 Å². The largest absolute Gasteiger partial charge is 0.489 e. The first-order valence-corrected chi connectivity index (χ1v) is 9.39. The van der Waals surface area contributed by atoms with E-state index in [9.17, 15) is 4.79 Å². The van der Waals surface area contributed by atoms with Crippen LogP contribution in [0.5, 0.6) is 5.75 Å². The monoisotopic (exact) mass is 374 g/mol. The number of nitrogens with one attached hydrogen (secondary N) is 1. The standard InChI is InChI=1S/C23H22N2O3/c1-16-13-21(16)22-12-11-20(28-22)14-24-25-23(26)18-9-7-17(8-10-18)15-27-19-5-3-2-4-6-19/h2-12,14,16,21H,13,15H2,1H3,(H,25,26)/b24-14-/t16-,21-/m0/s1. The van der Waals surface area contributed by atoms with Gasteiger partial charge in [-0.3, -0.25) is 4.79 Å². The van der Waals surface area contributed by atoms with Crippen molar-refractivity contribution in [2.45, 2.75) is 25.9 Å². The first kappa shape index (κ1) is 18.0. The SMILES string of the molecule is C[C@H]1C[C@@H]1c1ccc(/C=N\NC(=O)c2ccc(COc3ccccc3)cc2)o1. The van der Waals surface area contributed by atoms with Gasteiger partial charge in [-0.05, 0) is 54.3 Å². The Morgan fingerprint density at radius 3 is 2.61 bits per heavy atom. The predicted molar refractivity (Wildman–Crippen MR) is 108 cm³/mol. The van der Waals surface area contributed by atoms with Crippen molar-refractivity contribution in [3.05, 3.63) is 89.4 Å². The first-order chi connectivity index (χ1) is 13.7. The lowest BCUT2D eigenvalue weighted by Gasteiger charge is -2.06. The highest BCUT2D eigenvalue weighted by molar-refractivity contribution is 5.94. The van der Waals surface area contributed by atoms with E-state index in [-0.39, 0.29) is 5.91 Å². The number of furan rings is 1. The number of hydrogen-bond acceptors (Lipinski definition) is 4. The summed E-state index contributed by atoms with van der Waals surface area (Å²) < 4.78 is 11.4. The van der Waals surface area contributed by atoms with Gasteiger partial charge in [0.15, 0.2) is 0 Å². The average Bonchev–Trinajstić information content (AvgIpc) is 3.27. The third-order valence-corrected chi connectivity index (χ3v) is 4.85. The van der Waals surface area contributed by atoms with Crippen LogP contribution in [0.15, 0.2) is 76.2 Å². The summed E-state index contributed by atoms with van der Waals surface area (Å²) in [6.07, 6.45) is 2.70. The maximum absolute atomic E-state index is 12.2. The van der Waals surface area contributed by atoms with E-state index in [2.05, 4.69) is 17.5 Å². The van der Waals surface area contributed by atoms with E-state index < -0.39 is 0 Å². The van der Waals surface area contributed by atoms with Crippen LogP contribution in [0.25, 0.3) is 0 Å². The molecule has 1 N–H and O–H groups in total. The van der Waals surface area contributed by atoms with E-state index in [1.807, 2.05) is 54.6 Å².